The van der Waals surface area contributed by atoms with Crippen LogP contribution in [0.4, 0.5) is 0 Å². The highest BCUT2D eigenvalue weighted by Crippen LogP contribution is 2.59. The first-order valence-electron chi connectivity index (χ1n) is 20.7. The molecule has 17 heteroatoms. The standard InChI is InChI=1S/C16H26O3.C13H20O7S.C12H18O6/c1-4-14(2,3)13(17)19-16-8-11-5-12(9-16)7-15(18,6-11)10-16;1-4-13(2,3)12(14)18-6-17-9-7-5-8-10(19-7)11(9)20-21(8,15)16;1-4-12(2,3)11(15)17-7-9(13)18-8-5-6-16-10(8)14/h11-12,18H,4-10H2,1-3H3;7-11H,4-6H2,1-3H3;8H,4-7H2,1-3H3. The van der Waals surface area contributed by atoms with Crippen LogP contribution in [-0.2, 0) is 71.4 Å². The molecule has 0 spiro atoms. The number of hydrogen-bond acceptors (Lipinski definition) is 16. The predicted molar refractivity (Wildman–Crippen MR) is 204 cm³/mol. The monoisotopic (exact) mass is 844 g/mol. The molecule has 58 heavy (non-hydrogen) atoms. The van der Waals surface area contributed by atoms with Crippen LogP contribution in [-0.4, -0.2) is 110 Å². The van der Waals surface area contributed by atoms with Crippen molar-refractivity contribution in [1.82, 2.24) is 0 Å². The van der Waals surface area contributed by atoms with Gasteiger partial charge in [0.2, 0.25) is 6.10 Å². The fourth-order valence-corrected chi connectivity index (χ4v) is 10.5. The number of rotatable bonds is 13. The molecule has 0 radical (unpaired) electrons. The van der Waals surface area contributed by atoms with Crippen molar-refractivity contribution >= 4 is 40.0 Å². The Labute approximate surface area is 342 Å². The van der Waals surface area contributed by atoms with E-state index in [9.17, 15) is 37.5 Å². The van der Waals surface area contributed by atoms with Gasteiger partial charge in [0.05, 0.1) is 34.6 Å². The largest absolute Gasteiger partial charge is 0.463 e. The summed E-state index contributed by atoms with van der Waals surface area (Å²) < 4.78 is 65.0. The average Bonchev–Trinajstić information content (AvgIpc) is 3.88. The molecule has 4 heterocycles. The number of carbonyl (C=O) groups excluding carboxylic acids is 5. The van der Waals surface area contributed by atoms with Gasteiger partial charge in [-0.1, -0.05) is 20.8 Å². The number of fused-ring (bicyclic) bond motifs is 1. The molecule has 0 aromatic heterocycles. The maximum Gasteiger partial charge on any atom is 0.347 e. The van der Waals surface area contributed by atoms with Crippen LogP contribution in [0, 0.1) is 28.1 Å². The zero-order valence-corrected chi connectivity index (χ0v) is 36.3. The van der Waals surface area contributed by atoms with Crippen molar-refractivity contribution in [3.8, 4) is 0 Å². The van der Waals surface area contributed by atoms with E-state index in [1.807, 2.05) is 34.6 Å². The van der Waals surface area contributed by atoms with Gasteiger partial charge in [-0.05, 0) is 111 Å². The lowest BCUT2D eigenvalue weighted by molar-refractivity contribution is -0.225. The number of cyclic esters (lactones) is 1. The van der Waals surface area contributed by atoms with Crippen molar-refractivity contribution in [3.05, 3.63) is 0 Å². The Morgan fingerprint density at radius 1 is 0.810 bits per heavy atom. The Bertz CT molecular complexity index is 1650. The predicted octanol–water partition coefficient (Wildman–Crippen LogP) is 4.45. The lowest BCUT2D eigenvalue weighted by Crippen LogP contribution is -2.61. The maximum atomic E-state index is 12.4. The van der Waals surface area contributed by atoms with E-state index in [-0.39, 0.29) is 37.0 Å². The number of hydrogen-bond donors (Lipinski definition) is 1. The highest BCUT2D eigenvalue weighted by atomic mass is 32.2. The number of aliphatic hydroxyl groups is 1. The van der Waals surface area contributed by atoms with Gasteiger partial charge in [0, 0.05) is 12.8 Å². The topological polar surface area (TPSA) is 214 Å². The maximum absolute atomic E-state index is 12.4. The Balaban J connectivity index is 0.000000166. The summed E-state index contributed by atoms with van der Waals surface area (Å²) in [5.74, 6) is -1.06. The van der Waals surface area contributed by atoms with Crippen molar-refractivity contribution in [2.24, 2.45) is 28.1 Å². The first-order chi connectivity index (χ1) is 26.9. The van der Waals surface area contributed by atoms with Gasteiger partial charge in [0.1, 0.15) is 29.2 Å². The molecule has 16 nitrogen and oxygen atoms in total. The second-order valence-corrected chi connectivity index (χ2v) is 20.9. The molecule has 1 N–H and O–H groups in total. The number of esters is 5. The van der Waals surface area contributed by atoms with Gasteiger partial charge in [-0.3, -0.25) is 18.6 Å². The summed E-state index contributed by atoms with van der Waals surface area (Å²) in [6, 6.07) is 0. The Morgan fingerprint density at radius 3 is 1.91 bits per heavy atom. The molecule has 4 aliphatic carbocycles. The van der Waals surface area contributed by atoms with Crippen molar-refractivity contribution < 1.29 is 74.8 Å². The molecule has 4 saturated carbocycles. The van der Waals surface area contributed by atoms with Crippen LogP contribution in [0.3, 0.4) is 0 Å². The molecule has 8 rings (SSSR count). The molecule has 8 unspecified atom stereocenters. The van der Waals surface area contributed by atoms with E-state index in [4.69, 9.17) is 32.6 Å². The summed E-state index contributed by atoms with van der Waals surface area (Å²) in [7, 11) is -3.55. The van der Waals surface area contributed by atoms with Crippen molar-refractivity contribution in [2.45, 2.75) is 180 Å². The summed E-state index contributed by atoms with van der Waals surface area (Å²) in [5, 5.41) is 10.1. The molecule has 330 valence electrons. The summed E-state index contributed by atoms with van der Waals surface area (Å²) in [6.07, 6.45) is 5.71. The van der Waals surface area contributed by atoms with Gasteiger partial charge < -0.3 is 38.3 Å². The van der Waals surface area contributed by atoms with Crippen molar-refractivity contribution in [3.63, 3.8) is 0 Å². The Hall–Kier alpha value is -2.86. The van der Waals surface area contributed by atoms with E-state index in [1.54, 1.807) is 27.7 Å². The van der Waals surface area contributed by atoms with Crippen molar-refractivity contribution in [1.29, 1.82) is 0 Å². The van der Waals surface area contributed by atoms with Crippen LogP contribution in [0.25, 0.3) is 0 Å². The third kappa shape index (κ3) is 10.2. The van der Waals surface area contributed by atoms with E-state index in [2.05, 4.69) is 4.74 Å². The summed E-state index contributed by atoms with van der Waals surface area (Å²) in [5.41, 5.74) is -2.52. The lowest BCUT2D eigenvalue weighted by Gasteiger charge is -2.59. The van der Waals surface area contributed by atoms with E-state index in [0.717, 1.165) is 32.1 Å². The summed E-state index contributed by atoms with van der Waals surface area (Å²) in [6.45, 7) is 16.3. The zero-order valence-electron chi connectivity index (χ0n) is 35.5. The molecule has 0 aromatic carbocycles. The van der Waals surface area contributed by atoms with E-state index < -0.39 is 86.1 Å². The molecule has 8 aliphatic rings. The normalized spacial score (nSPS) is 34.9. The van der Waals surface area contributed by atoms with Crippen LogP contribution in [0.5, 0.6) is 0 Å². The fraction of sp³-hybridized carbons (Fsp3) is 0.878. The Kier molecular flexibility index (Phi) is 13.7. The average molecular weight is 845 g/mol. The third-order valence-corrected chi connectivity index (χ3v) is 15.0. The SMILES string of the molecule is CCC(C)(C)C(=O)OC12CC3CC(CC(O)(C3)C1)C2.CCC(C)(C)C(=O)OCC(=O)OC1CCOC1=O.CCC(C)(C)C(=O)OCOC1C2CC3C(O2)C1OS3(=O)=O. The molecule has 4 saturated heterocycles. The lowest BCUT2D eigenvalue weighted by atomic mass is 9.52. The van der Waals surface area contributed by atoms with Gasteiger partial charge in [0.25, 0.3) is 10.1 Å². The molecule has 4 aliphatic heterocycles. The first-order valence-corrected chi connectivity index (χ1v) is 22.2. The van der Waals surface area contributed by atoms with Gasteiger partial charge in [-0.2, -0.15) is 8.42 Å². The zero-order chi connectivity index (χ0) is 43.1. The van der Waals surface area contributed by atoms with Gasteiger partial charge >= 0.3 is 29.8 Å². The molecule has 6 bridgehead atoms. The van der Waals surface area contributed by atoms with Crippen LogP contribution in [0.1, 0.15) is 133 Å². The number of ether oxygens (including phenoxy) is 7. The molecule has 8 fully saturated rings. The molecule has 0 amide bonds. The van der Waals surface area contributed by atoms with Crippen LogP contribution < -0.4 is 0 Å². The minimum atomic E-state index is -3.55. The number of carbonyl (C=O) groups is 5. The molecule has 0 aromatic rings. The quantitative estimate of drug-likeness (QED) is 0.117. The van der Waals surface area contributed by atoms with Crippen LogP contribution in [0.15, 0.2) is 0 Å². The minimum Gasteiger partial charge on any atom is -0.463 e. The van der Waals surface area contributed by atoms with Crippen LogP contribution >= 0.6 is 0 Å². The van der Waals surface area contributed by atoms with Gasteiger partial charge in [-0.15, -0.1) is 0 Å². The molecular formula is C41H64O16S. The fourth-order valence-electron chi connectivity index (χ4n) is 8.90. The second kappa shape index (κ2) is 17.3. The molecule has 8 atom stereocenters. The summed E-state index contributed by atoms with van der Waals surface area (Å²) >= 11 is 0. The minimum absolute atomic E-state index is 0.0828. The van der Waals surface area contributed by atoms with E-state index >= 15 is 0 Å². The second-order valence-electron chi connectivity index (χ2n) is 19.1. The smallest absolute Gasteiger partial charge is 0.347 e. The van der Waals surface area contributed by atoms with Crippen molar-refractivity contribution in [2.75, 3.05) is 20.0 Å². The van der Waals surface area contributed by atoms with E-state index in [0.29, 0.717) is 43.9 Å². The van der Waals surface area contributed by atoms with Gasteiger partial charge in [-0.25, -0.2) is 9.59 Å². The summed E-state index contributed by atoms with van der Waals surface area (Å²) in [4.78, 5) is 58.2. The van der Waals surface area contributed by atoms with E-state index in [1.165, 1.54) is 6.42 Å². The third-order valence-electron chi connectivity index (χ3n) is 13.3. The Morgan fingerprint density at radius 2 is 1.38 bits per heavy atom. The van der Waals surface area contributed by atoms with Gasteiger partial charge in [0.15, 0.2) is 13.4 Å². The highest BCUT2D eigenvalue weighted by molar-refractivity contribution is 7.87. The first kappa shape index (κ1) is 46.2. The van der Waals surface area contributed by atoms with Crippen LogP contribution in [0.2, 0.25) is 0 Å². The molecular weight excluding hydrogens is 781 g/mol. The highest BCUT2D eigenvalue weighted by Gasteiger charge is 2.66.